The number of benzene rings is 2. The lowest BCUT2D eigenvalue weighted by Crippen LogP contribution is -2.35. The van der Waals surface area contributed by atoms with Crippen molar-refractivity contribution in [1.82, 2.24) is 9.80 Å². The summed E-state index contributed by atoms with van der Waals surface area (Å²) >= 11 is 0. The molecule has 0 aromatic heterocycles. The predicted molar refractivity (Wildman–Crippen MR) is 99.9 cm³/mol. The first-order valence-corrected chi connectivity index (χ1v) is 8.63. The van der Waals surface area contributed by atoms with Gasteiger partial charge in [-0.05, 0) is 17.5 Å². The molecule has 0 radical (unpaired) electrons. The summed E-state index contributed by atoms with van der Waals surface area (Å²) in [7, 11) is 1.80. The van der Waals surface area contributed by atoms with Crippen LogP contribution < -0.4 is 0 Å². The number of hydrogen-bond donors (Lipinski definition) is 0. The van der Waals surface area contributed by atoms with E-state index >= 15 is 0 Å². The Hall–Kier alpha value is -2.62. The first-order chi connectivity index (χ1) is 12.1. The van der Waals surface area contributed by atoms with E-state index in [9.17, 15) is 9.59 Å². The quantitative estimate of drug-likeness (QED) is 0.742. The third kappa shape index (κ3) is 6.42. The highest BCUT2D eigenvalue weighted by molar-refractivity contribution is 5.78. The van der Waals surface area contributed by atoms with Crippen LogP contribution in [0.4, 0.5) is 0 Å². The molecule has 0 bridgehead atoms. The number of nitrogens with zero attached hydrogens (tertiary/aromatic N) is 2. The molecule has 4 heteroatoms. The van der Waals surface area contributed by atoms with Crippen molar-refractivity contribution in [1.29, 1.82) is 0 Å². The van der Waals surface area contributed by atoms with E-state index in [1.165, 1.54) is 5.56 Å². The van der Waals surface area contributed by atoms with Crippen molar-refractivity contribution >= 4 is 11.8 Å². The first-order valence-electron chi connectivity index (χ1n) is 8.63. The van der Waals surface area contributed by atoms with Gasteiger partial charge in [-0.15, -0.1) is 0 Å². The minimum atomic E-state index is 0.00874. The standard InChI is InChI=1S/C21H26N2O2/c1-18(24)23(15-13-19-9-5-3-6-10-19)16-14-21(25)22(2)17-20-11-7-4-8-12-20/h3-12H,13-17H2,1-2H3. The van der Waals surface area contributed by atoms with Crippen molar-refractivity contribution in [2.75, 3.05) is 20.1 Å². The van der Waals surface area contributed by atoms with Crippen molar-refractivity contribution in [3.63, 3.8) is 0 Å². The molecule has 0 aliphatic rings. The minimum Gasteiger partial charge on any atom is -0.342 e. The summed E-state index contributed by atoms with van der Waals surface area (Å²) in [5.41, 5.74) is 2.30. The Kier molecular flexibility index (Phi) is 7.20. The number of rotatable bonds is 8. The van der Waals surface area contributed by atoms with Crippen LogP contribution in [0.2, 0.25) is 0 Å². The molecule has 0 saturated heterocycles. The summed E-state index contributed by atoms with van der Waals surface area (Å²) in [4.78, 5) is 27.6. The van der Waals surface area contributed by atoms with Gasteiger partial charge in [-0.25, -0.2) is 0 Å². The molecule has 2 aromatic carbocycles. The molecule has 2 amide bonds. The average molecular weight is 338 g/mol. The first kappa shape index (κ1) is 18.7. The molecule has 132 valence electrons. The second-order valence-electron chi connectivity index (χ2n) is 6.23. The fraction of sp³-hybridized carbons (Fsp3) is 0.333. The number of carbonyl (C=O) groups is 2. The van der Waals surface area contributed by atoms with Gasteiger partial charge in [0.05, 0.1) is 0 Å². The van der Waals surface area contributed by atoms with Crippen LogP contribution in [-0.4, -0.2) is 41.8 Å². The van der Waals surface area contributed by atoms with Crippen LogP contribution in [0.1, 0.15) is 24.5 Å². The Balaban J connectivity index is 1.81. The lowest BCUT2D eigenvalue weighted by molar-refractivity contribution is -0.133. The van der Waals surface area contributed by atoms with Crippen LogP contribution in [0, 0.1) is 0 Å². The molecule has 0 aliphatic heterocycles. The van der Waals surface area contributed by atoms with Gasteiger partial charge in [0, 0.05) is 40.0 Å². The molecule has 0 unspecified atom stereocenters. The summed E-state index contributed by atoms with van der Waals surface area (Å²) in [6, 6.07) is 20.0. The third-order valence-electron chi connectivity index (χ3n) is 4.24. The van der Waals surface area contributed by atoms with E-state index < -0.39 is 0 Å². The van der Waals surface area contributed by atoms with Crippen molar-refractivity contribution in [2.45, 2.75) is 26.3 Å². The van der Waals surface area contributed by atoms with E-state index in [2.05, 4.69) is 12.1 Å². The van der Waals surface area contributed by atoms with E-state index in [1.807, 2.05) is 48.5 Å². The lowest BCUT2D eigenvalue weighted by Gasteiger charge is -2.23. The summed E-state index contributed by atoms with van der Waals surface area (Å²) < 4.78 is 0. The Morgan fingerprint density at radius 3 is 1.96 bits per heavy atom. The Bertz CT molecular complexity index is 671. The summed E-state index contributed by atoms with van der Waals surface area (Å²) in [6.07, 6.45) is 1.15. The summed E-state index contributed by atoms with van der Waals surface area (Å²) in [5, 5.41) is 0. The molecule has 2 aromatic rings. The van der Waals surface area contributed by atoms with Gasteiger partial charge in [-0.1, -0.05) is 60.7 Å². The zero-order valence-electron chi connectivity index (χ0n) is 15.0. The number of carbonyl (C=O) groups excluding carboxylic acids is 2. The van der Waals surface area contributed by atoms with E-state index in [0.717, 1.165) is 12.0 Å². The number of hydrogen-bond acceptors (Lipinski definition) is 2. The van der Waals surface area contributed by atoms with Gasteiger partial charge >= 0.3 is 0 Å². The van der Waals surface area contributed by atoms with Gasteiger partial charge < -0.3 is 9.80 Å². The summed E-state index contributed by atoms with van der Waals surface area (Å²) in [6.45, 7) is 3.24. The molecule has 0 aliphatic carbocycles. The van der Waals surface area contributed by atoms with E-state index in [0.29, 0.717) is 26.1 Å². The maximum absolute atomic E-state index is 12.3. The molecular formula is C21H26N2O2. The van der Waals surface area contributed by atoms with E-state index in [-0.39, 0.29) is 11.8 Å². The Morgan fingerprint density at radius 2 is 1.40 bits per heavy atom. The topological polar surface area (TPSA) is 40.6 Å². The van der Waals surface area contributed by atoms with E-state index in [4.69, 9.17) is 0 Å². The summed E-state index contributed by atoms with van der Waals surface area (Å²) in [5.74, 6) is 0.0595. The van der Waals surface area contributed by atoms with E-state index in [1.54, 1.807) is 23.8 Å². The van der Waals surface area contributed by atoms with Crippen molar-refractivity contribution in [3.8, 4) is 0 Å². The molecule has 0 N–H and O–H groups in total. The SMILES string of the molecule is CC(=O)N(CCC(=O)N(C)Cc1ccccc1)CCc1ccccc1. The highest BCUT2D eigenvalue weighted by Gasteiger charge is 2.14. The van der Waals surface area contributed by atoms with Crippen LogP contribution >= 0.6 is 0 Å². The Labute approximate surface area is 150 Å². The molecule has 0 atom stereocenters. The molecule has 4 nitrogen and oxygen atoms in total. The monoisotopic (exact) mass is 338 g/mol. The minimum absolute atomic E-state index is 0.00874. The molecule has 0 heterocycles. The van der Waals surface area contributed by atoms with Crippen molar-refractivity contribution < 1.29 is 9.59 Å². The third-order valence-corrected chi connectivity index (χ3v) is 4.24. The molecule has 0 spiro atoms. The predicted octanol–water partition coefficient (Wildman–Crippen LogP) is 3.13. The van der Waals surface area contributed by atoms with Crippen LogP contribution in [0.15, 0.2) is 60.7 Å². The molecule has 0 saturated carbocycles. The smallest absolute Gasteiger partial charge is 0.224 e. The van der Waals surface area contributed by atoms with Crippen LogP contribution in [0.3, 0.4) is 0 Å². The van der Waals surface area contributed by atoms with Crippen LogP contribution in [0.25, 0.3) is 0 Å². The fourth-order valence-corrected chi connectivity index (χ4v) is 2.70. The normalized spacial score (nSPS) is 10.3. The van der Waals surface area contributed by atoms with Gasteiger partial charge in [0.15, 0.2) is 0 Å². The average Bonchev–Trinajstić information content (AvgIpc) is 2.62. The second-order valence-corrected chi connectivity index (χ2v) is 6.23. The van der Waals surface area contributed by atoms with Gasteiger partial charge in [-0.2, -0.15) is 0 Å². The van der Waals surface area contributed by atoms with Crippen molar-refractivity contribution in [2.24, 2.45) is 0 Å². The zero-order chi connectivity index (χ0) is 18.1. The van der Waals surface area contributed by atoms with Crippen molar-refractivity contribution in [3.05, 3.63) is 71.8 Å². The molecular weight excluding hydrogens is 312 g/mol. The van der Waals surface area contributed by atoms with Crippen LogP contribution in [0.5, 0.6) is 0 Å². The zero-order valence-corrected chi connectivity index (χ0v) is 15.0. The maximum Gasteiger partial charge on any atom is 0.224 e. The van der Waals surface area contributed by atoms with Crippen LogP contribution in [-0.2, 0) is 22.6 Å². The molecule has 2 rings (SSSR count). The van der Waals surface area contributed by atoms with Gasteiger partial charge in [-0.3, -0.25) is 9.59 Å². The highest BCUT2D eigenvalue weighted by Crippen LogP contribution is 2.06. The van der Waals surface area contributed by atoms with Gasteiger partial charge in [0.2, 0.25) is 11.8 Å². The molecule has 0 fully saturated rings. The second kappa shape index (κ2) is 9.62. The molecule has 25 heavy (non-hydrogen) atoms. The van der Waals surface area contributed by atoms with Gasteiger partial charge in [0.25, 0.3) is 0 Å². The maximum atomic E-state index is 12.3. The van der Waals surface area contributed by atoms with Gasteiger partial charge in [0.1, 0.15) is 0 Å². The fourth-order valence-electron chi connectivity index (χ4n) is 2.70. The lowest BCUT2D eigenvalue weighted by atomic mass is 10.1. The Morgan fingerprint density at radius 1 is 0.840 bits per heavy atom. The number of amides is 2. The highest BCUT2D eigenvalue weighted by atomic mass is 16.2. The largest absolute Gasteiger partial charge is 0.342 e.